The molecule has 4 nitrogen and oxygen atoms in total. The number of nitrogens with zero attached hydrogens (tertiary/aromatic N) is 2. The van der Waals surface area contributed by atoms with Crippen LogP contribution in [-0.2, 0) is 15.9 Å². The molecule has 0 unspecified atom stereocenters. The number of allylic oxidation sites excluding steroid dienone is 1. The van der Waals surface area contributed by atoms with E-state index in [4.69, 9.17) is 4.74 Å². The van der Waals surface area contributed by atoms with Gasteiger partial charge in [-0.25, -0.2) is 22.5 Å². The Morgan fingerprint density at radius 2 is 1.31 bits per heavy atom. The van der Waals surface area contributed by atoms with E-state index >= 15 is 13.2 Å². The number of rotatable bonds is 11. The van der Waals surface area contributed by atoms with Gasteiger partial charge < -0.3 is 4.74 Å². The van der Waals surface area contributed by atoms with E-state index in [0.717, 1.165) is 27.6 Å². The van der Waals surface area contributed by atoms with Gasteiger partial charge in [0.1, 0.15) is 23.9 Å². The number of hydrogen-bond donors (Lipinski definition) is 0. The summed E-state index contributed by atoms with van der Waals surface area (Å²) < 4.78 is 55.9. The summed E-state index contributed by atoms with van der Waals surface area (Å²) in [6.07, 6.45) is 3.39. The van der Waals surface area contributed by atoms with Gasteiger partial charge in [0, 0.05) is 29.3 Å². The number of alkyl halides is 1. The average Bonchev–Trinajstić information content (AvgIpc) is 3.52. The lowest BCUT2D eigenvalue weighted by atomic mass is 9.84. The number of carbonyl (C=O) groups excluding carboxylic acids is 1. The van der Waals surface area contributed by atoms with Gasteiger partial charge in [-0.3, -0.25) is 4.90 Å². The number of benzene rings is 5. The molecule has 0 saturated carbocycles. The molecular weight excluding hydrogens is 750 g/mol. The Morgan fingerprint density at radius 1 is 0.793 bits per heavy atom. The molecule has 58 heavy (non-hydrogen) atoms. The number of para-hydroxylation sites is 1. The molecule has 5 aromatic carbocycles. The highest BCUT2D eigenvalue weighted by molar-refractivity contribution is 8.00. The van der Waals surface area contributed by atoms with E-state index in [-0.39, 0.29) is 30.2 Å². The Balaban J connectivity index is 1.29. The van der Waals surface area contributed by atoms with E-state index in [1.54, 1.807) is 22.7 Å². The van der Waals surface area contributed by atoms with Crippen molar-refractivity contribution >= 4 is 34.8 Å². The van der Waals surface area contributed by atoms with Crippen molar-refractivity contribution in [2.75, 3.05) is 18.9 Å². The highest BCUT2D eigenvalue weighted by Crippen LogP contribution is 2.49. The topological polar surface area (TPSA) is 34.5 Å². The number of thioether (sulfide) groups is 1. The minimum atomic E-state index is -1.70. The van der Waals surface area contributed by atoms with Crippen LogP contribution < -0.4 is 0 Å². The summed E-state index contributed by atoms with van der Waals surface area (Å²) in [5, 5.41) is 0.793. The van der Waals surface area contributed by atoms with Crippen LogP contribution in [0, 0.1) is 17.0 Å². The van der Waals surface area contributed by atoms with Crippen LogP contribution in [0.5, 0.6) is 0 Å². The summed E-state index contributed by atoms with van der Waals surface area (Å²) in [7, 11) is 0. The van der Waals surface area contributed by atoms with Crippen LogP contribution in [0.3, 0.4) is 0 Å². The molecule has 0 saturated heterocycles. The highest BCUT2D eigenvalue weighted by atomic mass is 32.2. The molecule has 1 aromatic heterocycles. The Bertz CT molecular complexity index is 2280. The Labute approximate surface area is 344 Å². The Kier molecular flexibility index (Phi) is 11.8. The maximum atomic E-state index is 16.6. The third kappa shape index (κ3) is 8.41. The van der Waals surface area contributed by atoms with Crippen LogP contribution in [0.2, 0.25) is 0 Å². The zero-order chi connectivity index (χ0) is 41.2. The van der Waals surface area contributed by atoms with Crippen molar-refractivity contribution in [3.63, 3.8) is 0 Å². The van der Waals surface area contributed by atoms with Crippen molar-refractivity contribution in [2.24, 2.45) is 5.41 Å². The van der Waals surface area contributed by atoms with Crippen molar-refractivity contribution in [2.45, 2.75) is 70.5 Å². The molecule has 300 valence electrons. The quantitative estimate of drug-likeness (QED) is 0.0966. The number of halogens is 3. The molecule has 0 fully saturated rings. The smallest absolute Gasteiger partial charge is 0.418 e. The molecule has 7 rings (SSSR count). The predicted octanol–water partition coefficient (Wildman–Crippen LogP) is 12.8. The van der Waals surface area contributed by atoms with Crippen molar-refractivity contribution in [3.8, 4) is 0 Å². The lowest BCUT2D eigenvalue weighted by Crippen LogP contribution is -2.49. The summed E-state index contributed by atoms with van der Waals surface area (Å²) in [4.78, 5) is 16.4. The van der Waals surface area contributed by atoms with Crippen molar-refractivity contribution in [1.29, 1.82) is 0 Å². The molecule has 0 N–H and O–H groups in total. The molecule has 8 heteroatoms. The number of fused-ring (bicyclic) bond motifs is 3. The molecule has 0 radical (unpaired) electrons. The normalized spacial score (nSPS) is 16.5. The summed E-state index contributed by atoms with van der Waals surface area (Å²) in [5.74, 6) is -1.09. The maximum absolute atomic E-state index is 16.6. The standard InChI is InChI=1S/C50H51F3N2O2S/c1-34-30-40-39-24-16-17-25-43(39)55(45(40)46(54(34)33-49(5,6)53)44-41(51)31-35(32-42(44)52)26-27-48(2,3)4)47(56)57-28-29-58-50(36-18-10-7-11-19-36,37-20-12-8-13-21-37)38-22-14-9-15-23-38/h7-27,31-32,34,46H,28-30,33H2,1-6H3/b27-26+/t34-,46-/m1/s1. The third-order valence-electron chi connectivity index (χ3n) is 10.7. The second kappa shape index (κ2) is 16.7. The zero-order valence-electron chi connectivity index (χ0n) is 34.0. The van der Waals surface area contributed by atoms with E-state index in [1.807, 2.05) is 113 Å². The molecule has 1 aliphatic heterocycles. The molecule has 0 amide bonds. The summed E-state index contributed by atoms with van der Waals surface area (Å²) >= 11 is 1.67. The molecule has 2 heterocycles. The fourth-order valence-corrected chi connectivity index (χ4v) is 9.68. The van der Waals surface area contributed by atoms with Crippen LogP contribution >= 0.6 is 11.8 Å². The zero-order valence-corrected chi connectivity index (χ0v) is 34.8. The van der Waals surface area contributed by atoms with Gasteiger partial charge in [0.2, 0.25) is 0 Å². The first kappa shape index (κ1) is 41.1. The van der Waals surface area contributed by atoms with Crippen LogP contribution in [0.25, 0.3) is 17.0 Å². The van der Waals surface area contributed by atoms with Gasteiger partial charge in [0.05, 0.1) is 22.0 Å². The molecule has 0 spiro atoms. The second-order valence-corrected chi connectivity index (χ2v) is 18.2. The first-order chi connectivity index (χ1) is 27.7. The van der Waals surface area contributed by atoms with Crippen molar-refractivity contribution in [1.82, 2.24) is 9.47 Å². The Morgan fingerprint density at radius 3 is 1.83 bits per heavy atom. The van der Waals surface area contributed by atoms with E-state index in [2.05, 4.69) is 36.4 Å². The molecule has 6 aromatic rings. The number of carbonyl (C=O) groups is 1. The summed E-state index contributed by atoms with van der Waals surface area (Å²) in [6.45, 7) is 10.8. The summed E-state index contributed by atoms with van der Waals surface area (Å²) in [5.41, 5.74) is 3.27. The van der Waals surface area contributed by atoms with Gasteiger partial charge in [-0.05, 0) is 78.6 Å². The molecule has 2 atom stereocenters. The fourth-order valence-electron chi connectivity index (χ4n) is 8.30. The largest absolute Gasteiger partial charge is 0.448 e. The molecule has 0 bridgehead atoms. The van der Waals surface area contributed by atoms with Crippen LogP contribution in [-0.4, -0.2) is 46.2 Å². The van der Waals surface area contributed by atoms with E-state index in [9.17, 15) is 4.79 Å². The van der Waals surface area contributed by atoms with E-state index in [0.29, 0.717) is 28.9 Å². The van der Waals surface area contributed by atoms with Gasteiger partial charge in [-0.1, -0.05) is 142 Å². The van der Waals surface area contributed by atoms with Gasteiger partial charge >= 0.3 is 6.09 Å². The number of aromatic nitrogens is 1. The van der Waals surface area contributed by atoms with E-state index in [1.165, 1.54) is 30.5 Å². The molecule has 1 aliphatic rings. The lowest BCUT2D eigenvalue weighted by Gasteiger charge is -2.43. The Hall–Kier alpha value is -5.05. The van der Waals surface area contributed by atoms with Crippen molar-refractivity contribution in [3.05, 3.63) is 184 Å². The predicted molar refractivity (Wildman–Crippen MR) is 232 cm³/mol. The minimum absolute atomic E-state index is 0.0544. The SMILES string of the molecule is C[C@@H]1Cc2c(n(C(=O)OCCSC(c3ccccc3)(c3ccccc3)c3ccccc3)c3ccccc23)[C@@H](c2c(F)cc(/C=C/C(C)(C)C)cc2F)N1CC(C)(C)F. The summed E-state index contributed by atoms with van der Waals surface area (Å²) in [6, 6.07) is 39.6. The first-order valence-electron chi connectivity index (χ1n) is 19.9. The van der Waals surface area contributed by atoms with Gasteiger partial charge in [0.25, 0.3) is 0 Å². The maximum Gasteiger partial charge on any atom is 0.418 e. The van der Waals surface area contributed by atoms with Gasteiger partial charge in [-0.15, -0.1) is 11.8 Å². The number of hydrogen-bond acceptors (Lipinski definition) is 4. The van der Waals surface area contributed by atoms with Crippen LogP contribution in [0.1, 0.15) is 86.7 Å². The highest BCUT2D eigenvalue weighted by Gasteiger charge is 2.44. The third-order valence-corrected chi connectivity index (χ3v) is 12.2. The molecule has 0 aliphatic carbocycles. The minimum Gasteiger partial charge on any atom is -0.448 e. The second-order valence-electron chi connectivity index (χ2n) is 16.9. The van der Waals surface area contributed by atoms with Crippen molar-refractivity contribution < 1.29 is 22.7 Å². The first-order valence-corrected chi connectivity index (χ1v) is 20.9. The monoisotopic (exact) mass is 800 g/mol. The van der Waals surface area contributed by atoms with Gasteiger partial charge in [0.15, 0.2) is 0 Å². The van der Waals surface area contributed by atoms with Crippen LogP contribution in [0.4, 0.5) is 18.0 Å². The average molecular weight is 801 g/mol. The fraction of sp³-hybridized carbons (Fsp3) is 0.300. The van der Waals surface area contributed by atoms with Gasteiger partial charge in [-0.2, -0.15) is 0 Å². The molecular formula is C50H51F3N2O2S. The van der Waals surface area contributed by atoms with E-state index < -0.39 is 34.2 Å². The lowest BCUT2D eigenvalue weighted by molar-refractivity contribution is 0.0624. The van der Waals surface area contributed by atoms with Crippen LogP contribution in [0.15, 0.2) is 133 Å². The number of ether oxygens (including phenoxy) is 1.